The first-order valence-corrected chi connectivity index (χ1v) is 6.08. The molecule has 1 aromatic carbocycles. The molecular formula is C15H17NO3. The van der Waals surface area contributed by atoms with Gasteiger partial charge in [-0.15, -0.1) is 0 Å². The molecule has 0 unspecified atom stereocenters. The Morgan fingerprint density at radius 3 is 2.84 bits per heavy atom. The maximum Gasteiger partial charge on any atom is 0.374 e. The smallest absolute Gasteiger partial charge is 0.374 e. The quantitative estimate of drug-likeness (QED) is 0.856. The number of carbonyl (C=O) groups is 1. The van der Waals surface area contributed by atoms with Crippen molar-refractivity contribution >= 4 is 11.7 Å². The number of rotatable bonds is 4. The Morgan fingerprint density at radius 1 is 1.32 bits per heavy atom. The van der Waals surface area contributed by atoms with Gasteiger partial charge in [-0.1, -0.05) is 12.1 Å². The number of ether oxygens (including phenoxy) is 1. The average molecular weight is 259 g/mol. The maximum absolute atomic E-state index is 11.5. The van der Waals surface area contributed by atoms with Crippen LogP contribution in [-0.2, 0) is 11.3 Å². The molecule has 2 rings (SSSR count). The molecule has 0 radical (unpaired) electrons. The Kier molecular flexibility index (Phi) is 3.90. The first-order chi connectivity index (χ1) is 9.13. The molecule has 1 N–H and O–H groups in total. The van der Waals surface area contributed by atoms with E-state index in [9.17, 15) is 4.79 Å². The molecule has 4 heteroatoms. The number of carbonyl (C=O) groups excluding carboxylic acids is 1. The number of benzene rings is 1. The minimum atomic E-state index is -0.456. The lowest BCUT2D eigenvalue weighted by Crippen LogP contribution is -2.07. The van der Waals surface area contributed by atoms with Gasteiger partial charge in [0.25, 0.3) is 0 Å². The van der Waals surface area contributed by atoms with Gasteiger partial charge in [-0.3, -0.25) is 0 Å². The summed E-state index contributed by atoms with van der Waals surface area (Å²) in [5.74, 6) is -0.205. The van der Waals surface area contributed by atoms with Crippen LogP contribution in [0.5, 0.6) is 0 Å². The molecule has 1 heterocycles. The number of hydrogen-bond donors (Lipinski definition) is 1. The van der Waals surface area contributed by atoms with Crippen molar-refractivity contribution in [3.63, 3.8) is 0 Å². The van der Waals surface area contributed by atoms with Crippen molar-refractivity contribution < 1.29 is 13.9 Å². The normalized spacial score (nSPS) is 10.3. The van der Waals surface area contributed by atoms with Crippen molar-refractivity contribution in [3.05, 3.63) is 53.0 Å². The zero-order chi connectivity index (χ0) is 13.8. The number of esters is 1. The first-order valence-electron chi connectivity index (χ1n) is 6.08. The summed E-state index contributed by atoms with van der Waals surface area (Å²) in [4.78, 5) is 11.5. The SMILES string of the molecule is COC(=O)c1occc1CNc1cccc(C)c1C. The summed E-state index contributed by atoms with van der Waals surface area (Å²) in [5.41, 5.74) is 4.26. The molecule has 0 aliphatic rings. The largest absolute Gasteiger partial charge is 0.463 e. The molecular weight excluding hydrogens is 242 g/mol. The number of methoxy groups -OCH3 is 1. The Bertz CT molecular complexity index is 587. The molecule has 0 bridgehead atoms. The van der Waals surface area contributed by atoms with Crippen LogP contribution in [0.4, 0.5) is 5.69 Å². The standard InChI is InChI=1S/C15H17NO3/c1-10-5-4-6-13(11(10)2)16-9-12-7-8-19-14(12)15(17)18-3/h4-8,16H,9H2,1-3H3. The summed E-state index contributed by atoms with van der Waals surface area (Å²) in [6.07, 6.45) is 1.49. The topological polar surface area (TPSA) is 51.5 Å². The van der Waals surface area contributed by atoms with Gasteiger partial charge in [0.1, 0.15) is 0 Å². The van der Waals surface area contributed by atoms with Gasteiger partial charge >= 0.3 is 5.97 Å². The molecule has 19 heavy (non-hydrogen) atoms. The van der Waals surface area contributed by atoms with E-state index >= 15 is 0 Å². The third-order valence-electron chi connectivity index (χ3n) is 3.19. The summed E-state index contributed by atoms with van der Waals surface area (Å²) < 4.78 is 9.81. The fourth-order valence-corrected chi connectivity index (χ4v) is 1.88. The van der Waals surface area contributed by atoms with Gasteiger partial charge in [-0.25, -0.2) is 4.79 Å². The fraction of sp³-hybridized carbons (Fsp3) is 0.267. The van der Waals surface area contributed by atoms with Gasteiger partial charge in [0, 0.05) is 17.8 Å². The second kappa shape index (κ2) is 5.61. The van der Waals surface area contributed by atoms with Crippen molar-refractivity contribution in [2.45, 2.75) is 20.4 Å². The summed E-state index contributed by atoms with van der Waals surface area (Å²) in [6, 6.07) is 7.85. The van der Waals surface area contributed by atoms with Crippen molar-refractivity contribution in [1.82, 2.24) is 0 Å². The zero-order valence-electron chi connectivity index (χ0n) is 11.3. The number of anilines is 1. The van der Waals surface area contributed by atoms with E-state index < -0.39 is 5.97 Å². The van der Waals surface area contributed by atoms with Crippen LogP contribution in [0.25, 0.3) is 0 Å². The Hall–Kier alpha value is -2.23. The van der Waals surface area contributed by atoms with Crippen molar-refractivity contribution in [3.8, 4) is 0 Å². The lowest BCUT2D eigenvalue weighted by Gasteiger charge is -2.11. The molecule has 0 saturated carbocycles. The van der Waals surface area contributed by atoms with Crippen molar-refractivity contribution in [1.29, 1.82) is 0 Å². The van der Waals surface area contributed by atoms with Crippen molar-refractivity contribution in [2.24, 2.45) is 0 Å². The van der Waals surface area contributed by atoms with Crippen LogP contribution in [0.15, 0.2) is 34.9 Å². The summed E-state index contributed by atoms with van der Waals surface area (Å²) in [5, 5.41) is 3.31. The van der Waals surface area contributed by atoms with Gasteiger partial charge in [0.15, 0.2) is 0 Å². The highest BCUT2D eigenvalue weighted by molar-refractivity contribution is 5.87. The van der Waals surface area contributed by atoms with E-state index in [4.69, 9.17) is 4.42 Å². The van der Waals surface area contributed by atoms with E-state index in [1.807, 2.05) is 12.1 Å². The van der Waals surface area contributed by atoms with E-state index in [-0.39, 0.29) is 5.76 Å². The highest BCUT2D eigenvalue weighted by Crippen LogP contribution is 2.20. The van der Waals surface area contributed by atoms with Gasteiger partial charge in [0.2, 0.25) is 5.76 Å². The van der Waals surface area contributed by atoms with E-state index in [0.29, 0.717) is 6.54 Å². The lowest BCUT2D eigenvalue weighted by atomic mass is 10.1. The summed E-state index contributed by atoms with van der Waals surface area (Å²) >= 11 is 0. The van der Waals surface area contributed by atoms with Crippen LogP contribution in [0.1, 0.15) is 27.2 Å². The van der Waals surface area contributed by atoms with Gasteiger partial charge in [-0.05, 0) is 37.1 Å². The molecule has 4 nitrogen and oxygen atoms in total. The monoisotopic (exact) mass is 259 g/mol. The molecule has 0 fully saturated rings. The third-order valence-corrected chi connectivity index (χ3v) is 3.19. The molecule has 0 amide bonds. The van der Waals surface area contributed by atoms with Crippen molar-refractivity contribution in [2.75, 3.05) is 12.4 Å². The molecule has 100 valence electrons. The predicted molar refractivity (Wildman–Crippen MR) is 73.3 cm³/mol. The molecule has 2 aromatic rings. The number of furan rings is 1. The van der Waals surface area contributed by atoms with Crippen LogP contribution < -0.4 is 5.32 Å². The zero-order valence-corrected chi connectivity index (χ0v) is 11.3. The van der Waals surface area contributed by atoms with E-state index in [0.717, 1.165) is 11.3 Å². The highest BCUT2D eigenvalue weighted by Gasteiger charge is 2.15. The second-order valence-electron chi connectivity index (χ2n) is 4.37. The van der Waals surface area contributed by atoms with Crippen LogP contribution in [0, 0.1) is 13.8 Å². The second-order valence-corrected chi connectivity index (χ2v) is 4.37. The lowest BCUT2D eigenvalue weighted by molar-refractivity contribution is 0.0563. The average Bonchev–Trinajstić information content (AvgIpc) is 2.88. The minimum absolute atomic E-state index is 0.250. The Labute approximate surface area is 112 Å². The third kappa shape index (κ3) is 2.78. The molecule has 0 atom stereocenters. The van der Waals surface area contributed by atoms with Crippen LogP contribution in [-0.4, -0.2) is 13.1 Å². The summed E-state index contributed by atoms with van der Waals surface area (Å²) in [6.45, 7) is 4.65. The highest BCUT2D eigenvalue weighted by atomic mass is 16.5. The predicted octanol–water partition coefficient (Wildman–Crippen LogP) is 3.30. The molecule has 1 aromatic heterocycles. The first kappa shape index (κ1) is 13.2. The van der Waals surface area contributed by atoms with Crippen LogP contribution in [0.2, 0.25) is 0 Å². The number of aryl methyl sites for hydroxylation is 1. The molecule has 0 aliphatic carbocycles. The number of nitrogens with one attached hydrogen (secondary N) is 1. The maximum atomic E-state index is 11.5. The molecule has 0 aliphatic heterocycles. The molecule has 0 spiro atoms. The minimum Gasteiger partial charge on any atom is -0.463 e. The van der Waals surface area contributed by atoms with Crippen LogP contribution >= 0.6 is 0 Å². The van der Waals surface area contributed by atoms with E-state index in [1.165, 1.54) is 24.5 Å². The van der Waals surface area contributed by atoms with Gasteiger partial charge in [-0.2, -0.15) is 0 Å². The Balaban J connectivity index is 2.13. The van der Waals surface area contributed by atoms with Gasteiger partial charge in [0.05, 0.1) is 13.4 Å². The number of hydrogen-bond acceptors (Lipinski definition) is 4. The van der Waals surface area contributed by atoms with Crippen LogP contribution in [0.3, 0.4) is 0 Å². The Morgan fingerprint density at radius 2 is 2.11 bits per heavy atom. The molecule has 0 saturated heterocycles. The fourth-order valence-electron chi connectivity index (χ4n) is 1.88. The summed E-state index contributed by atoms with van der Waals surface area (Å²) in [7, 11) is 1.34. The van der Waals surface area contributed by atoms with Gasteiger partial charge < -0.3 is 14.5 Å². The van der Waals surface area contributed by atoms with E-state index in [2.05, 4.69) is 30.0 Å². The van der Waals surface area contributed by atoms with E-state index in [1.54, 1.807) is 6.07 Å².